The third kappa shape index (κ3) is 2.27. The molecule has 0 bridgehead atoms. The molecule has 0 aromatic heterocycles. The van der Waals surface area contributed by atoms with Gasteiger partial charge in [0.15, 0.2) is 0 Å². The summed E-state index contributed by atoms with van der Waals surface area (Å²) < 4.78 is 0. The van der Waals surface area contributed by atoms with Crippen LogP contribution in [0, 0.1) is 11.3 Å². The summed E-state index contributed by atoms with van der Waals surface area (Å²) in [5.41, 5.74) is 2.42. The Morgan fingerprint density at radius 3 is 2.84 bits per heavy atom. The van der Waals surface area contributed by atoms with Crippen LogP contribution in [0.1, 0.15) is 18.4 Å². The molecule has 2 heterocycles. The highest BCUT2D eigenvalue weighted by molar-refractivity contribution is 6.01. The molecule has 19 heavy (non-hydrogen) atoms. The number of fused-ring (bicyclic) bond motifs is 1. The van der Waals surface area contributed by atoms with E-state index in [0.29, 0.717) is 18.2 Å². The minimum atomic E-state index is 0.0238. The fourth-order valence-corrected chi connectivity index (χ4v) is 2.82. The lowest BCUT2D eigenvalue weighted by atomic mass is 10.0. The van der Waals surface area contributed by atoms with Crippen LogP contribution < -0.4 is 15.5 Å². The van der Waals surface area contributed by atoms with Gasteiger partial charge in [-0.15, -0.1) is 0 Å². The molecule has 1 aromatic rings. The van der Waals surface area contributed by atoms with E-state index in [0.717, 1.165) is 37.3 Å². The Morgan fingerprint density at radius 1 is 1.32 bits per heavy atom. The molecule has 2 aliphatic rings. The first kappa shape index (κ1) is 12.0. The molecule has 0 aliphatic carbocycles. The predicted octanol–water partition coefficient (Wildman–Crippen LogP) is 1.07. The molecule has 0 saturated carbocycles. The number of nitrogens with one attached hydrogen (secondary N) is 2. The summed E-state index contributed by atoms with van der Waals surface area (Å²) in [6.07, 6.45) is 2.06. The van der Waals surface area contributed by atoms with E-state index >= 15 is 0 Å². The van der Waals surface area contributed by atoms with Crippen molar-refractivity contribution in [2.45, 2.75) is 18.9 Å². The molecular weight excluding hydrogens is 240 g/mol. The van der Waals surface area contributed by atoms with Crippen LogP contribution in [0.5, 0.6) is 0 Å². The normalized spacial score (nSPS) is 19.5. The average Bonchev–Trinajstić information content (AvgIpc) is 2.47. The van der Waals surface area contributed by atoms with Crippen LogP contribution in [-0.2, 0) is 4.79 Å². The fourth-order valence-electron chi connectivity index (χ4n) is 2.82. The van der Waals surface area contributed by atoms with Gasteiger partial charge in [0.25, 0.3) is 0 Å². The second-order valence-electron chi connectivity index (χ2n) is 5.00. The number of benzene rings is 1. The molecule has 0 radical (unpaired) electrons. The molecule has 0 spiro atoms. The topological polar surface area (TPSA) is 68.2 Å². The lowest BCUT2D eigenvalue weighted by Gasteiger charge is -2.39. The van der Waals surface area contributed by atoms with Crippen molar-refractivity contribution in [3.63, 3.8) is 0 Å². The zero-order chi connectivity index (χ0) is 13.2. The first-order chi connectivity index (χ1) is 9.28. The van der Waals surface area contributed by atoms with E-state index in [2.05, 4.69) is 21.6 Å². The molecular formula is C14H16N4O. The van der Waals surface area contributed by atoms with Crippen molar-refractivity contribution >= 4 is 17.3 Å². The van der Waals surface area contributed by atoms with Crippen LogP contribution in [-0.4, -0.2) is 31.6 Å². The van der Waals surface area contributed by atoms with E-state index in [-0.39, 0.29) is 5.91 Å². The Kier molecular flexibility index (Phi) is 3.10. The molecule has 0 atom stereocenters. The average molecular weight is 256 g/mol. The van der Waals surface area contributed by atoms with Gasteiger partial charge < -0.3 is 15.5 Å². The van der Waals surface area contributed by atoms with Gasteiger partial charge in [-0.05, 0) is 44.1 Å². The summed E-state index contributed by atoms with van der Waals surface area (Å²) in [5, 5.41) is 15.2. The van der Waals surface area contributed by atoms with Crippen LogP contribution in [0.25, 0.3) is 0 Å². The van der Waals surface area contributed by atoms with Gasteiger partial charge in [-0.2, -0.15) is 5.26 Å². The Morgan fingerprint density at radius 2 is 2.11 bits per heavy atom. The smallest absolute Gasteiger partial charge is 0.243 e. The summed E-state index contributed by atoms with van der Waals surface area (Å²) in [6, 6.07) is 7.97. The summed E-state index contributed by atoms with van der Waals surface area (Å²) in [5.74, 6) is 0.0238. The van der Waals surface area contributed by atoms with Crippen LogP contribution in [0.4, 0.5) is 11.4 Å². The first-order valence-corrected chi connectivity index (χ1v) is 6.59. The van der Waals surface area contributed by atoms with Crippen LogP contribution in [0.2, 0.25) is 0 Å². The lowest BCUT2D eigenvalue weighted by Crippen LogP contribution is -2.48. The first-order valence-electron chi connectivity index (χ1n) is 6.59. The quantitative estimate of drug-likeness (QED) is 0.788. The van der Waals surface area contributed by atoms with Gasteiger partial charge >= 0.3 is 0 Å². The van der Waals surface area contributed by atoms with E-state index in [4.69, 9.17) is 5.26 Å². The summed E-state index contributed by atoms with van der Waals surface area (Å²) in [6.45, 7) is 2.35. The van der Waals surface area contributed by atoms with Crippen molar-refractivity contribution < 1.29 is 4.79 Å². The fraction of sp³-hybridized carbons (Fsp3) is 0.429. The predicted molar refractivity (Wildman–Crippen MR) is 73.0 cm³/mol. The molecule has 1 saturated heterocycles. The monoisotopic (exact) mass is 256 g/mol. The largest absolute Gasteiger partial charge is 0.357 e. The van der Waals surface area contributed by atoms with Gasteiger partial charge in [-0.3, -0.25) is 4.79 Å². The number of anilines is 2. The van der Waals surface area contributed by atoms with Crippen molar-refractivity contribution in [3.8, 4) is 6.07 Å². The zero-order valence-corrected chi connectivity index (χ0v) is 10.6. The van der Waals surface area contributed by atoms with Crippen molar-refractivity contribution in [2.75, 3.05) is 29.9 Å². The maximum Gasteiger partial charge on any atom is 0.243 e. The number of nitriles is 1. The number of rotatable bonds is 1. The van der Waals surface area contributed by atoms with Gasteiger partial charge in [0.2, 0.25) is 5.91 Å². The standard InChI is InChI=1S/C14H16N4O/c15-8-10-1-2-12-13(7-10)18(9-14(19)17-12)11-3-5-16-6-4-11/h1-2,7,11,16H,3-6,9H2,(H,17,19). The van der Waals surface area contributed by atoms with Gasteiger partial charge in [0, 0.05) is 6.04 Å². The molecule has 98 valence electrons. The van der Waals surface area contributed by atoms with Crippen molar-refractivity contribution in [3.05, 3.63) is 23.8 Å². The van der Waals surface area contributed by atoms with E-state index < -0.39 is 0 Å². The number of carbonyl (C=O) groups is 1. The van der Waals surface area contributed by atoms with Crippen molar-refractivity contribution in [1.29, 1.82) is 5.26 Å². The SMILES string of the molecule is N#Cc1ccc2c(c1)N(C1CCNCC1)CC(=O)N2. The molecule has 1 fully saturated rings. The van der Waals surface area contributed by atoms with Gasteiger partial charge in [-0.1, -0.05) is 0 Å². The number of nitrogens with zero attached hydrogens (tertiary/aromatic N) is 2. The van der Waals surface area contributed by atoms with Crippen LogP contribution in [0.3, 0.4) is 0 Å². The summed E-state index contributed by atoms with van der Waals surface area (Å²) in [7, 11) is 0. The van der Waals surface area contributed by atoms with Crippen molar-refractivity contribution in [2.24, 2.45) is 0 Å². The van der Waals surface area contributed by atoms with Crippen LogP contribution in [0.15, 0.2) is 18.2 Å². The summed E-state index contributed by atoms with van der Waals surface area (Å²) >= 11 is 0. The molecule has 5 nitrogen and oxygen atoms in total. The minimum Gasteiger partial charge on any atom is -0.357 e. The molecule has 1 aromatic carbocycles. The maximum atomic E-state index is 11.8. The number of hydrogen-bond acceptors (Lipinski definition) is 4. The number of amides is 1. The second kappa shape index (κ2) is 4.90. The summed E-state index contributed by atoms with van der Waals surface area (Å²) in [4.78, 5) is 13.9. The van der Waals surface area contributed by atoms with Gasteiger partial charge in [0.05, 0.1) is 29.6 Å². The molecule has 2 aliphatic heterocycles. The maximum absolute atomic E-state index is 11.8. The van der Waals surface area contributed by atoms with Gasteiger partial charge in [-0.25, -0.2) is 0 Å². The highest BCUT2D eigenvalue weighted by atomic mass is 16.2. The second-order valence-corrected chi connectivity index (χ2v) is 5.00. The number of piperidine rings is 1. The Labute approximate surface area is 112 Å². The van der Waals surface area contributed by atoms with Gasteiger partial charge in [0.1, 0.15) is 0 Å². The molecule has 5 heteroatoms. The highest BCUT2D eigenvalue weighted by Crippen LogP contribution is 2.33. The van der Waals surface area contributed by atoms with E-state index in [1.54, 1.807) is 6.07 Å². The number of carbonyl (C=O) groups excluding carboxylic acids is 1. The van der Waals surface area contributed by atoms with E-state index in [1.165, 1.54) is 0 Å². The third-order valence-electron chi connectivity index (χ3n) is 3.77. The zero-order valence-electron chi connectivity index (χ0n) is 10.6. The highest BCUT2D eigenvalue weighted by Gasteiger charge is 2.29. The Balaban J connectivity index is 1.97. The lowest BCUT2D eigenvalue weighted by molar-refractivity contribution is -0.115. The third-order valence-corrected chi connectivity index (χ3v) is 3.77. The Bertz CT molecular complexity index is 543. The minimum absolute atomic E-state index is 0.0238. The van der Waals surface area contributed by atoms with E-state index in [9.17, 15) is 4.79 Å². The van der Waals surface area contributed by atoms with E-state index in [1.807, 2.05) is 12.1 Å². The molecule has 2 N–H and O–H groups in total. The number of hydrogen-bond donors (Lipinski definition) is 2. The molecule has 0 unspecified atom stereocenters. The van der Waals surface area contributed by atoms with Crippen LogP contribution >= 0.6 is 0 Å². The Hall–Kier alpha value is -2.06. The molecule has 3 rings (SSSR count). The molecule has 1 amide bonds. The van der Waals surface area contributed by atoms with Crippen molar-refractivity contribution in [1.82, 2.24) is 5.32 Å².